The molecule has 1 amide bonds. The molecule has 19 heavy (non-hydrogen) atoms. The van der Waals surface area contributed by atoms with E-state index in [1.807, 2.05) is 11.0 Å². The molecule has 1 N–H and O–H groups in total. The highest BCUT2D eigenvalue weighted by Gasteiger charge is 2.23. The molecule has 1 atom stereocenters. The van der Waals surface area contributed by atoms with Crippen LogP contribution in [0.5, 0.6) is 5.75 Å². The summed E-state index contributed by atoms with van der Waals surface area (Å²) in [6.45, 7) is 4.89. The van der Waals surface area contributed by atoms with Crippen molar-refractivity contribution in [1.29, 1.82) is 0 Å². The van der Waals surface area contributed by atoms with Crippen LogP contribution in [0.3, 0.4) is 0 Å². The summed E-state index contributed by atoms with van der Waals surface area (Å²) < 4.78 is 0. The first-order valence-corrected chi connectivity index (χ1v) is 6.82. The number of carbonyl (C=O) groups is 1. The summed E-state index contributed by atoms with van der Waals surface area (Å²) in [6, 6.07) is 7.19. The maximum atomic E-state index is 12.4. The van der Waals surface area contributed by atoms with Gasteiger partial charge in [0.1, 0.15) is 5.75 Å². The van der Waals surface area contributed by atoms with Crippen molar-refractivity contribution in [2.75, 3.05) is 26.7 Å². The molecule has 0 aliphatic carbocycles. The van der Waals surface area contributed by atoms with E-state index >= 15 is 0 Å². The third-order valence-corrected chi connectivity index (χ3v) is 3.63. The summed E-state index contributed by atoms with van der Waals surface area (Å²) >= 11 is 0. The van der Waals surface area contributed by atoms with Gasteiger partial charge in [-0.05, 0) is 44.6 Å². The number of phenols is 1. The number of aromatic hydroxyl groups is 1. The molecule has 1 aromatic rings. The molecular formula is C15H22N2O2. The second kappa shape index (κ2) is 6.06. The van der Waals surface area contributed by atoms with Gasteiger partial charge in [-0.2, -0.15) is 0 Å². The van der Waals surface area contributed by atoms with Gasteiger partial charge in [-0.15, -0.1) is 0 Å². The Balaban J connectivity index is 2.02. The van der Waals surface area contributed by atoms with E-state index in [4.69, 9.17) is 0 Å². The number of nitrogens with zero attached hydrogens (tertiary/aromatic N) is 2. The lowest BCUT2D eigenvalue weighted by molar-refractivity contribution is -0.132. The summed E-state index contributed by atoms with van der Waals surface area (Å²) in [6.07, 6.45) is 1.38. The number of likely N-dealkylation sites (N-methyl/N-ethyl adjacent to an activating group) is 1. The van der Waals surface area contributed by atoms with E-state index in [0.717, 1.165) is 31.6 Å². The maximum Gasteiger partial charge on any atom is 0.227 e. The second-order valence-electron chi connectivity index (χ2n) is 5.40. The Bertz CT molecular complexity index is 448. The number of rotatable bonds is 2. The molecule has 1 aliphatic heterocycles. The highest BCUT2D eigenvalue weighted by Crippen LogP contribution is 2.15. The minimum Gasteiger partial charge on any atom is -0.508 e. The second-order valence-corrected chi connectivity index (χ2v) is 5.40. The Kier molecular flexibility index (Phi) is 4.43. The minimum atomic E-state index is 0.147. The number of hydrogen-bond acceptors (Lipinski definition) is 3. The van der Waals surface area contributed by atoms with Gasteiger partial charge in [0.05, 0.1) is 6.42 Å². The van der Waals surface area contributed by atoms with Crippen LogP contribution in [-0.4, -0.2) is 53.5 Å². The molecule has 1 aliphatic rings. The molecule has 4 nitrogen and oxygen atoms in total. The molecule has 2 rings (SSSR count). The summed E-state index contributed by atoms with van der Waals surface area (Å²) in [5.74, 6) is 0.363. The minimum absolute atomic E-state index is 0.147. The monoisotopic (exact) mass is 262 g/mol. The van der Waals surface area contributed by atoms with Gasteiger partial charge in [0.25, 0.3) is 0 Å². The smallest absolute Gasteiger partial charge is 0.227 e. The molecular weight excluding hydrogens is 240 g/mol. The largest absolute Gasteiger partial charge is 0.508 e. The third-order valence-electron chi connectivity index (χ3n) is 3.63. The standard InChI is InChI=1S/C15H22N2O2/c1-12-11-16(2)7-4-8-17(12)15(19)10-13-5-3-6-14(18)9-13/h3,5-6,9,12,18H,4,7-8,10-11H2,1-2H3. The zero-order valence-corrected chi connectivity index (χ0v) is 11.7. The predicted molar refractivity (Wildman–Crippen MR) is 75.1 cm³/mol. The predicted octanol–water partition coefficient (Wildman–Crippen LogP) is 1.49. The Labute approximate surface area is 114 Å². The lowest BCUT2D eigenvalue weighted by Gasteiger charge is -2.28. The van der Waals surface area contributed by atoms with Gasteiger partial charge in [0.15, 0.2) is 0 Å². The molecule has 0 aromatic heterocycles. The van der Waals surface area contributed by atoms with Crippen LogP contribution in [0.4, 0.5) is 0 Å². The lowest BCUT2D eigenvalue weighted by atomic mass is 10.1. The van der Waals surface area contributed by atoms with E-state index in [1.54, 1.807) is 18.2 Å². The van der Waals surface area contributed by atoms with Crippen molar-refractivity contribution in [1.82, 2.24) is 9.80 Å². The fourth-order valence-corrected chi connectivity index (χ4v) is 2.69. The molecule has 0 saturated carbocycles. The fraction of sp³-hybridized carbons (Fsp3) is 0.533. The summed E-state index contributed by atoms with van der Waals surface area (Å²) in [5, 5.41) is 9.44. The molecule has 1 fully saturated rings. The van der Waals surface area contributed by atoms with Gasteiger partial charge in [0.2, 0.25) is 5.91 Å². The molecule has 1 heterocycles. The van der Waals surface area contributed by atoms with Crippen molar-refractivity contribution in [2.24, 2.45) is 0 Å². The zero-order chi connectivity index (χ0) is 13.8. The van der Waals surface area contributed by atoms with Crippen molar-refractivity contribution >= 4 is 5.91 Å². The van der Waals surface area contributed by atoms with E-state index in [-0.39, 0.29) is 17.7 Å². The Morgan fingerprint density at radius 2 is 2.21 bits per heavy atom. The van der Waals surface area contributed by atoms with Gasteiger partial charge in [0, 0.05) is 19.1 Å². The third kappa shape index (κ3) is 3.70. The van der Waals surface area contributed by atoms with Gasteiger partial charge in [-0.25, -0.2) is 0 Å². The van der Waals surface area contributed by atoms with Crippen LogP contribution in [0.2, 0.25) is 0 Å². The first-order valence-electron chi connectivity index (χ1n) is 6.82. The van der Waals surface area contributed by atoms with Gasteiger partial charge < -0.3 is 14.9 Å². The highest BCUT2D eigenvalue weighted by molar-refractivity contribution is 5.79. The van der Waals surface area contributed by atoms with E-state index in [0.29, 0.717) is 6.42 Å². The van der Waals surface area contributed by atoms with Crippen LogP contribution in [-0.2, 0) is 11.2 Å². The summed E-state index contributed by atoms with van der Waals surface area (Å²) in [4.78, 5) is 16.6. The maximum absolute atomic E-state index is 12.4. The molecule has 0 bridgehead atoms. The topological polar surface area (TPSA) is 43.8 Å². The van der Waals surface area contributed by atoms with Crippen molar-refractivity contribution in [3.63, 3.8) is 0 Å². The first-order chi connectivity index (χ1) is 9.06. The van der Waals surface area contributed by atoms with Crippen LogP contribution >= 0.6 is 0 Å². The van der Waals surface area contributed by atoms with Crippen molar-refractivity contribution in [3.05, 3.63) is 29.8 Å². The van der Waals surface area contributed by atoms with Gasteiger partial charge >= 0.3 is 0 Å². The van der Waals surface area contributed by atoms with E-state index in [2.05, 4.69) is 18.9 Å². The normalized spacial score (nSPS) is 21.2. The van der Waals surface area contributed by atoms with Crippen molar-refractivity contribution in [3.8, 4) is 5.75 Å². The van der Waals surface area contributed by atoms with Gasteiger partial charge in [-0.3, -0.25) is 4.79 Å². The molecule has 1 aromatic carbocycles. The number of phenolic OH excluding ortho intramolecular Hbond substituents is 1. The quantitative estimate of drug-likeness (QED) is 0.878. The van der Waals surface area contributed by atoms with E-state index in [1.165, 1.54) is 0 Å². The van der Waals surface area contributed by atoms with Crippen molar-refractivity contribution in [2.45, 2.75) is 25.8 Å². The van der Waals surface area contributed by atoms with Crippen LogP contribution in [0.1, 0.15) is 18.9 Å². The first kappa shape index (κ1) is 13.9. The fourth-order valence-electron chi connectivity index (χ4n) is 2.69. The molecule has 0 radical (unpaired) electrons. The number of hydrogen-bond donors (Lipinski definition) is 1. The summed E-state index contributed by atoms with van der Waals surface area (Å²) in [5.41, 5.74) is 0.870. The van der Waals surface area contributed by atoms with Crippen LogP contribution < -0.4 is 0 Å². The zero-order valence-electron chi connectivity index (χ0n) is 11.7. The molecule has 1 saturated heterocycles. The van der Waals surface area contributed by atoms with Crippen molar-refractivity contribution < 1.29 is 9.90 Å². The lowest BCUT2D eigenvalue weighted by Crippen LogP contribution is -2.42. The Morgan fingerprint density at radius 3 is 2.95 bits per heavy atom. The van der Waals surface area contributed by atoms with Crippen LogP contribution in [0.25, 0.3) is 0 Å². The molecule has 4 heteroatoms. The molecule has 1 unspecified atom stereocenters. The summed E-state index contributed by atoms with van der Waals surface area (Å²) in [7, 11) is 2.10. The average molecular weight is 262 g/mol. The highest BCUT2D eigenvalue weighted by atomic mass is 16.3. The van der Waals surface area contributed by atoms with E-state index < -0.39 is 0 Å². The number of benzene rings is 1. The Hall–Kier alpha value is -1.55. The number of amides is 1. The SMILES string of the molecule is CC1CN(C)CCCN1C(=O)Cc1cccc(O)c1. The average Bonchev–Trinajstić information content (AvgIpc) is 2.50. The van der Waals surface area contributed by atoms with Crippen LogP contribution in [0.15, 0.2) is 24.3 Å². The van der Waals surface area contributed by atoms with E-state index in [9.17, 15) is 9.90 Å². The molecule has 104 valence electrons. The Morgan fingerprint density at radius 1 is 1.42 bits per heavy atom. The number of carbonyl (C=O) groups excluding carboxylic acids is 1. The molecule has 0 spiro atoms. The van der Waals surface area contributed by atoms with Crippen LogP contribution in [0, 0.1) is 0 Å². The van der Waals surface area contributed by atoms with Gasteiger partial charge in [-0.1, -0.05) is 12.1 Å².